The summed E-state index contributed by atoms with van der Waals surface area (Å²) in [6.45, 7) is 0.932. The number of amides is 1. The van der Waals surface area contributed by atoms with Crippen molar-refractivity contribution in [3.63, 3.8) is 0 Å². The molecule has 7 heteroatoms. The van der Waals surface area contributed by atoms with E-state index in [1.54, 1.807) is 30.6 Å². The van der Waals surface area contributed by atoms with E-state index in [0.29, 0.717) is 5.39 Å². The van der Waals surface area contributed by atoms with Crippen molar-refractivity contribution in [2.24, 2.45) is 0 Å². The molecule has 0 bridgehead atoms. The number of pyridine rings is 1. The normalized spacial score (nSPS) is 18.6. The lowest BCUT2D eigenvalue weighted by atomic mass is 9.96. The number of fused-ring (bicyclic) bond motifs is 1. The highest BCUT2D eigenvalue weighted by atomic mass is 16.8. The lowest BCUT2D eigenvalue weighted by molar-refractivity contribution is -0.990. The van der Waals surface area contributed by atoms with Crippen molar-refractivity contribution in [1.82, 2.24) is 14.5 Å². The van der Waals surface area contributed by atoms with Crippen LogP contribution in [0, 0.1) is 5.21 Å². The number of nitrogens with one attached hydrogen (secondary N) is 1. The average molecular weight is 366 g/mol. The summed E-state index contributed by atoms with van der Waals surface area (Å²) >= 11 is 0. The monoisotopic (exact) mass is 366 g/mol. The van der Waals surface area contributed by atoms with Gasteiger partial charge < -0.3 is 14.7 Å². The summed E-state index contributed by atoms with van der Waals surface area (Å²) in [6, 6.07) is 10.9. The molecule has 27 heavy (non-hydrogen) atoms. The zero-order chi connectivity index (χ0) is 18.8. The summed E-state index contributed by atoms with van der Waals surface area (Å²) in [6.07, 6.45) is 8.39. The Bertz CT molecular complexity index is 939. The largest absolute Gasteiger partial charge is 0.595 e. The van der Waals surface area contributed by atoms with Crippen molar-refractivity contribution in [2.75, 3.05) is 6.54 Å². The Hall–Kier alpha value is -2.74. The SMILES string of the molecule is O=C(Cn1ccc2c([NH+]([O-])O)cccc21)N1CCCC[C@H]1c1cccnc1. The summed E-state index contributed by atoms with van der Waals surface area (Å²) in [4.78, 5) is 19.2. The molecule has 1 aliphatic heterocycles. The van der Waals surface area contributed by atoms with Crippen LogP contribution in [0.4, 0.5) is 5.69 Å². The maximum Gasteiger partial charge on any atom is 0.243 e. The minimum atomic E-state index is -0.961. The number of nitrogens with zero attached hydrogens (tertiary/aromatic N) is 3. The first-order valence-electron chi connectivity index (χ1n) is 9.15. The molecule has 3 heterocycles. The minimum Gasteiger partial charge on any atom is -0.595 e. The van der Waals surface area contributed by atoms with Crippen molar-refractivity contribution >= 4 is 22.5 Å². The first-order chi connectivity index (χ1) is 13.1. The topological polar surface area (TPSA) is 85.9 Å². The number of benzene rings is 1. The van der Waals surface area contributed by atoms with Crippen molar-refractivity contribution in [3.8, 4) is 0 Å². The standard InChI is InChI=1S/C20H22N4O3/c25-20(23-11-2-1-6-17(23)15-5-4-10-21-13-15)14-22-12-9-16-18(22)7-3-8-19(16)24(26)27/h3-5,7-10,12-13,17,24,26H,1-2,6,11,14H2/t17-/m0/s1. The predicted octanol–water partition coefficient (Wildman–Crippen LogP) is 2.19. The number of piperidine rings is 1. The molecule has 0 aliphatic carbocycles. The molecule has 2 N–H and O–H groups in total. The maximum absolute atomic E-state index is 13.1. The molecule has 1 unspecified atom stereocenters. The summed E-state index contributed by atoms with van der Waals surface area (Å²) < 4.78 is 1.83. The fourth-order valence-electron chi connectivity index (χ4n) is 3.93. The Morgan fingerprint density at radius 2 is 2.15 bits per heavy atom. The number of aromatic nitrogens is 2. The summed E-state index contributed by atoms with van der Waals surface area (Å²) in [5.74, 6) is 0.0433. The molecule has 4 rings (SSSR count). The summed E-state index contributed by atoms with van der Waals surface area (Å²) in [5.41, 5.74) is 2.08. The molecular formula is C20H22N4O3. The van der Waals surface area contributed by atoms with Gasteiger partial charge in [-0.05, 0) is 43.0 Å². The van der Waals surface area contributed by atoms with Crippen LogP contribution in [0.15, 0.2) is 55.0 Å². The van der Waals surface area contributed by atoms with E-state index >= 15 is 0 Å². The average Bonchev–Trinajstić information content (AvgIpc) is 3.11. The van der Waals surface area contributed by atoms with Crippen molar-refractivity contribution in [1.29, 1.82) is 0 Å². The van der Waals surface area contributed by atoms with Crippen LogP contribution in [0.3, 0.4) is 0 Å². The number of quaternary nitrogens is 1. The van der Waals surface area contributed by atoms with Gasteiger partial charge in [0.2, 0.25) is 5.91 Å². The van der Waals surface area contributed by atoms with Gasteiger partial charge in [-0.2, -0.15) is 5.23 Å². The fourth-order valence-corrected chi connectivity index (χ4v) is 3.93. The van der Waals surface area contributed by atoms with Crippen LogP contribution in [-0.4, -0.2) is 32.1 Å². The van der Waals surface area contributed by atoms with E-state index in [9.17, 15) is 15.2 Å². The van der Waals surface area contributed by atoms with Gasteiger partial charge in [-0.25, -0.2) is 5.21 Å². The second kappa shape index (κ2) is 7.48. The Morgan fingerprint density at radius 3 is 2.93 bits per heavy atom. The van der Waals surface area contributed by atoms with Gasteiger partial charge in [-0.15, -0.1) is 0 Å². The Kier molecular flexibility index (Phi) is 4.89. The quantitative estimate of drug-likeness (QED) is 0.693. The molecular weight excluding hydrogens is 344 g/mol. The highest BCUT2D eigenvalue weighted by molar-refractivity contribution is 5.90. The molecule has 1 aromatic carbocycles. The van der Waals surface area contributed by atoms with Gasteiger partial charge in [-0.3, -0.25) is 9.78 Å². The van der Waals surface area contributed by atoms with Gasteiger partial charge in [0.15, 0.2) is 5.69 Å². The zero-order valence-electron chi connectivity index (χ0n) is 14.9. The van der Waals surface area contributed by atoms with Crippen LogP contribution in [0.2, 0.25) is 0 Å². The van der Waals surface area contributed by atoms with E-state index in [0.717, 1.165) is 36.9 Å². The third-order valence-electron chi connectivity index (χ3n) is 5.24. The first kappa shape index (κ1) is 17.7. The van der Waals surface area contributed by atoms with Crippen LogP contribution in [0.5, 0.6) is 0 Å². The minimum absolute atomic E-state index is 0.0433. The lowest BCUT2D eigenvalue weighted by Gasteiger charge is -2.36. The molecule has 0 radical (unpaired) electrons. The third kappa shape index (κ3) is 3.44. The highest BCUT2D eigenvalue weighted by Gasteiger charge is 2.28. The third-order valence-corrected chi connectivity index (χ3v) is 5.24. The molecule has 0 saturated carbocycles. The fraction of sp³-hybridized carbons (Fsp3) is 0.300. The lowest BCUT2D eigenvalue weighted by Crippen LogP contribution is -2.99. The van der Waals surface area contributed by atoms with Crippen molar-refractivity contribution in [3.05, 3.63) is 65.8 Å². The second-order valence-corrected chi connectivity index (χ2v) is 6.87. The predicted molar refractivity (Wildman–Crippen MR) is 100 cm³/mol. The zero-order valence-corrected chi connectivity index (χ0v) is 14.9. The Morgan fingerprint density at radius 1 is 1.26 bits per heavy atom. The first-order valence-corrected chi connectivity index (χ1v) is 9.15. The van der Waals surface area contributed by atoms with E-state index < -0.39 is 5.23 Å². The van der Waals surface area contributed by atoms with Crippen LogP contribution in [0.25, 0.3) is 10.9 Å². The number of carbonyl (C=O) groups excluding carboxylic acids is 1. The van der Waals surface area contributed by atoms with Gasteiger partial charge in [0.05, 0.1) is 16.9 Å². The van der Waals surface area contributed by atoms with Crippen molar-refractivity contribution < 1.29 is 15.2 Å². The van der Waals surface area contributed by atoms with E-state index in [4.69, 9.17) is 0 Å². The highest BCUT2D eigenvalue weighted by Crippen LogP contribution is 2.31. The molecule has 140 valence electrons. The van der Waals surface area contributed by atoms with Crippen LogP contribution in [0.1, 0.15) is 30.9 Å². The van der Waals surface area contributed by atoms with Crippen molar-refractivity contribution in [2.45, 2.75) is 31.8 Å². The van der Waals surface area contributed by atoms with E-state index in [-0.39, 0.29) is 24.2 Å². The second-order valence-electron chi connectivity index (χ2n) is 6.87. The van der Waals surface area contributed by atoms with Gasteiger partial charge in [0, 0.05) is 31.2 Å². The molecule has 3 aromatic rings. The number of hydrogen-bond donors (Lipinski definition) is 2. The smallest absolute Gasteiger partial charge is 0.243 e. The van der Waals surface area contributed by atoms with Gasteiger partial charge in [-0.1, -0.05) is 12.1 Å². The Labute approximate surface area is 157 Å². The maximum atomic E-state index is 13.1. The number of rotatable bonds is 4. The summed E-state index contributed by atoms with van der Waals surface area (Å²) in [7, 11) is 0. The molecule has 0 spiro atoms. The van der Waals surface area contributed by atoms with Gasteiger partial charge in [0.1, 0.15) is 6.54 Å². The van der Waals surface area contributed by atoms with Crippen LogP contribution < -0.4 is 5.23 Å². The number of hydrogen-bond acceptors (Lipinski definition) is 4. The van der Waals surface area contributed by atoms with Crippen LogP contribution in [-0.2, 0) is 11.3 Å². The van der Waals surface area contributed by atoms with Gasteiger partial charge in [0.25, 0.3) is 0 Å². The number of carbonyl (C=O) groups is 1. The number of likely N-dealkylation sites (tertiary alicyclic amines) is 1. The molecule has 1 amide bonds. The van der Waals surface area contributed by atoms with E-state index in [1.165, 1.54) is 0 Å². The van der Waals surface area contributed by atoms with E-state index in [1.807, 2.05) is 33.9 Å². The van der Waals surface area contributed by atoms with Crippen LogP contribution >= 0.6 is 0 Å². The molecule has 2 atom stereocenters. The molecule has 1 fully saturated rings. The molecule has 1 aliphatic rings. The molecule has 7 nitrogen and oxygen atoms in total. The molecule has 2 aromatic heterocycles. The van der Waals surface area contributed by atoms with Gasteiger partial charge >= 0.3 is 0 Å². The summed E-state index contributed by atoms with van der Waals surface area (Å²) in [5, 5.41) is 20.4. The Balaban J connectivity index is 1.60. The van der Waals surface area contributed by atoms with E-state index in [2.05, 4.69) is 4.98 Å². The molecule has 1 saturated heterocycles.